The summed E-state index contributed by atoms with van der Waals surface area (Å²) in [6.45, 7) is 6.11. The van der Waals surface area contributed by atoms with E-state index in [1.54, 1.807) is 25.6 Å². The number of nitrogens with one attached hydrogen (secondary N) is 3. The molecule has 1 amide bonds. The van der Waals surface area contributed by atoms with E-state index < -0.39 is 0 Å². The van der Waals surface area contributed by atoms with Gasteiger partial charge < -0.3 is 29.8 Å². The molecule has 0 bridgehead atoms. The minimum Gasteiger partial charge on any atom is -0.493 e. The molecule has 3 aromatic rings. The van der Waals surface area contributed by atoms with E-state index in [0.29, 0.717) is 46.6 Å². The maximum Gasteiger partial charge on any atom is 0.255 e. The van der Waals surface area contributed by atoms with Gasteiger partial charge >= 0.3 is 0 Å². The van der Waals surface area contributed by atoms with Crippen LogP contribution < -0.4 is 20.1 Å². The summed E-state index contributed by atoms with van der Waals surface area (Å²) < 4.78 is 17.5. The SMILES string of the molecule is COc1c(Cl)cccc1Nc1c(-c2ccncc2OC[C@@H]2OCC2(C)C)[nH]c2c1C(=O)NCC21CC1. The Kier molecular flexibility index (Phi) is 5.42. The molecule has 1 aliphatic carbocycles. The van der Waals surface area contributed by atoms with Crippen molar-refractivity contribution in [2.45, 2.75) is 38.2 Å². The lowest BCUT2D eigenvalue weighted by Crippen LogP contribution is -2.50. The fraction of sp³-hybridized carbons (Fsp3) is 0.407. The van der Waals surface area contributed by atoms with Crippen molar-refractivity contribution in [1.29, 1.82) is 0 Å². The number of methoxy groups -OCH3 is 1. The third-order valence-electron chi connectivity index (χ3n) is 7.60. The van der Waals surface area contributed by atoms with Crippen LogP contribution in [0, 0.1) is 5.41 Å². The third-order valence-corrected chi connectivity index (χ3v) is 7.90. The van der Waals surface area contributed by atoms with Crippen molar-refractivity contribution < 1.29 is 19.0 Å². The minimum atomic E-state index is -0.116. The molecule has 1 atom stereocenters. The number of aromatic amines is 1. The first-order valence-electron chi connectivity index (χ1n) is 12.2. The molecule has 2 fully saturated rings. The Hall–Kier alpha value is -3.23. The molecule has 1 saturated heterocycles. The number of para-hydroxylation sites is 1. The van der Waals surface area contributed by atoms with Crippen LogP contribution in [0.1, 0.15) is 42.7 Å². The highest BCUT2D eigenvalue weighted by Crippen LogP contribution is 2.54. The van der Waals surface area contributed by atoms with Gasteiger partial charge in [0.05, 0.1) is 53.7 Å². The number of pyridine rings is 1. The summed E-state index contributed by atoms with van der Waals surface area (Å²) in [7, 11) is 1.57. The second-order valence-electron chi connectivity index (χ2n) is 10.5. The number of halogens is 1. The highest BCUT2D eigenvalue weighted by atomic mass is 35.5. The number of rotatable bonds is 7. The van der Waals surface area contributed by atoms with Gasteiger partial charge in [0, 0.05) is 34.8 Å². The lowest BCUT2D eigenvalue weighted by atomic mass is 9.83. The van der Waals surface area contributed by atoms with E-state index in [1.807, 2.05) is 18.2 Å². The van der Waals surface area contributed by atoms with Crippen LogP contribution in [0.15, 0.2) is 36.7 Å². The first-order valence-corrected chi connectivity index (χ1v) is 12.5. The first-order chi connectivity index (χ1) is 17.3. The zero-order chi connectivity index (χ0) is 25.1. The summed E-state index contributed by atoms with van der Waals surface area (Å²) >= 11 is 6.40. The normalized spacial score (nSPS) is 20.8. The Labute approximate surface area is 214 Å². The van der Waals surface area contributed by atoms with E-state index in [-0.39, 0.29) is 22.8 Å². The van der Waals surface area contributed by atoms with Crippen LogP contribution in [0.2, 0.25) is 5.02 Å². The van der Waals surface area contributed by atoms with Crippen molar-refractivity contribution in [3.05, 3.63) is 52.9 Å². The second kappa shape index (κ2) is 8.42. The number of ether oxygens (including phenoxy) is 3. The van der Waals surface area contributed by atoms with Crippen molar-refractivity contribution >= 4 is 28.9 Å². The quantitative estimate of drug-likeness (QED) is 0.412. The molecule has 2 aliphatic heterocycles. The Morgan fingerprint density at radius 2 is 2.11 bits per heavy atom. The molecule has 0 unspecified atom stereocenters. The van der Waals surface area contributed by atoms with Crippen LogP contribution in [0.25, 0.3) is 11.3 Å². The van der Waals surface area contributed by atoms with Gasteiger partial charge in [0.2, 0.25) is 0 Å². The predicted octanol–water partition coefficient (Wildman–Crippen LogP) is 5.06. The molecule has 8 nitrogen and oxygen atoms in total. The molecule has 6 rings (SSSR count). The van der Waals surface area contributed by atoms with E-state index in [0.717, 1.165) is 36.4 Å². The molecule has 1 saturated carbocycles. The lowest BCUT2D eigenvalue weighted by Gasteiger charge is -2.43. The zero-order valence-corrected chi connectivity index (χ0v) is 21.3. The third kappa shape index (κ3) is 3.71. The van der Waals surface area contributed by atoms with Gasteiger partial charge in [0.15, 0.2) is 5.75 Å². The molecule has 188 valence electrons. The monoisotopic (exact) mass is 508 g/mol. The van der Waals surface area contributed by atoms with Crippen LogP contribution in [0.4, 0.5) is 11.4 Å². The number of nitrogens with zero attached hydrogens (tertiary/aromatic N) is 1. The van der Waals surface area contributed by atoms with Gasteiger partial charge in [-0.2, -0.15) is 0 Å². The van der Waals surface area contributed by atoms with Gasteiger partial charge in [0.25, 0.3) is 5.91 Å². The maximum atomic E-state index is 13.2. The highest BCUT2D eigenvalue weighted by Gasteiger charge is 2.52. The maximum absolute atomic E-state index is 13.2. The molecule has 0 radical (unpaired) electrons. The highest BCUT2D eigenvalue weighted by molar-refractivity contribution is 6.32. The van der Waals surface area contributed by atoms with Gasteiger partial charge in [-0.15, -0.1) is 0 Å². The van der Waals surface area contributed by atoms with Gasteiger partial charge in [-0.3, -0.25) is 9.78 Å². The Balaban J connectivity index is 1.46. The average Bonchev–Trinajstić information content (AvgIpc) is 3.54. The van der Waals surface area contributed by atoms with Gasteiger partial charge in [-0.25, -0.2) is 0 Å². The Morgan fingerprint density at radius 1 is 1.28 bits per heavy atom. The van der Waals surface area contributed by atoms with Crippen molar-refractivity contribution in [3.63, 3.8) is 0 Å². The summed E-state index contributed by atoms with van der Waals surface area (Å²) in [6.07, 6.45) is 5.48. The Bertz CT molecular complexity index is 1350. The number of carbonyl (C=O) groups is 1. The number of anilines is 2. The minimum absolute atomic E-state index is 0.0104. The topological polar surface area (TPSA) is 97.5 Å². The number of amides is 1. The fourth-order valence-corrected chi connectivity index (χ4v) is 5.33. The number of hydrogen-bond acceptors (Lipinski definition) is 6. The van der Waals surface area contributed by atoms with E-state index in [4.69, 9.17) is 25.8 Å². The summed E-state index contributed by atoms with van der Waals surface area (Å²) in [5, 5.41) is 7.02. The lowest BCUT2D eigenvalue weighted by molar-refractivity contribution is -0.180. The van der Waals surface area contributed by atoms with E-state index >= 15 is 0 Å². The van der Waals surface area contributed by atoms with Gasteiger partial charge in [0.1, 0.15) is 12.4 Å². The number of hydrogen-bond donors (Lipinski definition) is 3. The molecular formula is C27H29ClN4O4. The smallest absolute Gasteiger partial charge is 0.255 e. The largest absolute Gasteiger partial charge is 0.493 e. The van der Waals surface area contributed by atoms with E-state index in [1.165, 1.54) is 0 Å². The molecule has 36 heavy (non-hydrogen) atoms. The predicted molar refractivity (Wildman–Crippen MR) is 138 cm³/mol. The molecule has 3 aliphatic rings. The van der Waals surface area contributed by atoms with Crippen molar-refractivity contribution in [1.82, 2.24) is 15.3 Å². The zero-order valence-electron chi connectivity index (χ0n) is 20.5. The molecule has 2 aromatic heterocycles. The molecule has 4 heterocycles. The molecule has 1 spiro atoms. The van der Waals surface area contributed by atoms with Crippen LogP contribution in [-0.4, -0.2) is 48.8 Å². The van der Waals surface area contributed by atoms with Crippen LogP contribution in [-0.2, 0) is 10.2 Å². The Morgan fingerprint density at radius 3 is 2.81 bits per heavy atom. The first kappa shape index (κ1) is 23.2. The average molecular weight is 509 g/mol. The number of carbonyl (C=O) groups excluding carboxylic acids is 1. The van der Waals surface area contributed by atoms with Crippen LogP contribution >= 0.6 is 11.6 Å². The summed E-state index contributed by atoms with van der Waals surface area (Å²) in [5.41, 5.74) is 4.47. The fourth-order valence-electron chi connectivity index (χ4n) is 5.08. The van der Waals surface area contributed by atoms with Crippen LogP contribution in [0.3, 0.4) is 0 Å². The molecule has 3 N–H and O–H groups in total. The van der Waals surface area contributed by atoms with Crippen molar-refractivity contribution in [2.24, 2.45) is 5.41 Å². The van der Waals surface area contributed by atoms with Gasteiger partial charge in [-0.1, -0.05) is 31.5 Å². The number of aromatic nitrogens is 2. The second-order valence-corrected chi connectivity index (χ2v) is 10.9. The van der Waals surface area contributed by atoms with E-state index in [2.05, 4.69) is 34.4 Å². The summed E-state index contributed by atoms with van der Waals surface area (Å²) in [5.74, 6) is 1.01. The molecule has 9 heteroatoms. The van der Waals surface area contributed by atoms with E-state index in [9.17, 15) is 4.79 Å². The van der Waals surface area contributed by atoms with Crippen LogP contribution in [0.5, 0.6) is 11.5 Å². The number of fused-ring (bicyclic) bond motifs is 2. The summed E-state index contributed by atoms with van der Waals surface area (Å²) in [4.78, 5) is 21.1. The molecular weight excluding hydrogens is 480 g/mol. The van der Waals surface area contributed by atoms with Crippen molar-refractivity contribution in [2.75, 3.05) is 32.2 Å². The van der Waals surface area contributed by atoms with Gasteiger partial charge in [-0.05, 0) is 31.0 Å². The summed E-state index contributed by atoms with van der Waals surface area (Å²) in [6, 6.07) is 7.39. The number of H-pyrrole nitrogens is 1. The number of benzene rings is 1. The molecule has 1 aromatic carbocycles. The van der Waals surface area contributed by atoms with Crippen molar-refractivity contribution in [3.8, 4) is 22.8 Å². The standard InChI is InChI=1S/C27H29ClN4O4/c1-26(2)14-36-19(26)12-35-18-11-29-10-7-15(18)21-22(31-17-6-4-5-16(28)23(17)34-3)20-24(32-21)27(8-9-27)13-30-25(20)33/h4-7,10-11,19,31-32H,8-9,12-14H2,1-3H3,(H,30,33)/t19-/m0/s1.